The summed E-state index contributed by atoms with van der Waals surface area (Å²) in [5.41, 5.74) is 10.2. The molecule has 0 saturated carbocycles. The molecule has 11 rings (SSSR count). The monoisotopic (exact) mass is 722 g/mol. The number of hydrogen-bond donors (Lipinski definition) is 1. The van der Waals surface area contributed by atoms with Crippen molar-refractivity contribution in [3.63, 3.8) is 0 Å². The average molecular weight is 723 g/mol. The third-order valence-electron chi connectivity index (χ3n) is 10.9. The summed E-state index contributed by atoms with van der Waals surface area (Å²) in [6.45, 7) is 0. The molecule has 0 fully saturated rings. The van der Waals surface area contributed by atoms with Gasteiger partial charge in [0.1, 0.15) is 0 Å². The maximum atomic E-state index is 6.66. The van der Waals surface area contributed by atoms with Gasteiger partial charge in [-0.3, -0.25) is 0 Å². The number of benzene rings is 9. The van der Waals surface area contributed by atoms with Gasteiger partial charge in [-0.05, 0) is 93.0 Å². The molecular formula is C51H34N2OS. The first-order chi connectivity index (χ1) is 27.2. The molecule has 4 heteroatoms. The van der Waals surface area contributed by atoms with Gasteiger partial charge in [-0.15, -0.1) is 11.3 Å². The van der Waals surface area contributed by atoms with Crippen LogP contribution < -0.4 is 15.0 Å². The molecule has 1 atom stereocenters. The fourth-order valence-electron chi connectivity index (χ4n) is 8.26. The number of fused-ring (bicyclic) bond motifs is 8. The van der Waals surface area contributed by atoms with E-state index in [1.165, 1.54) is 42.4 Å². The van der Waals surface area contributed by atoms with Gasteiger partial charge in [0.25, 0.3) is 0 Å². The molecule has 0 saturated heterocycles. The Morgan fingerprint density at radius 1 is 0.455 bits per heavy atom. The average Bonchev–Trinajstić information content (AvgIpc) is 3.87. The van der Waals surface area contributed by atoms with Gasteiger partial charge < -0.3 is 15.0 Å². The summed E-state index contributed by atoms with van der Waals surface area (Å²) in [6, 6.07) is 69.9. The van der Waals surface area contributed by atoms with E-state index in [-0.39, 0.29) is 6.23 Å². The summed E-state index contributed by atoms with van der Waals surface area (Å²) in [7, 11) is 0. The quantitative estimate of drug-likeness (QED) is 0.173. The summed E-state index contributed by atoms with van der Waals surface area (Å²) >= 11 is 1.86. The lowest BCUT2D eigenvalue weighted by Crippen LogP contribution is -2.10. The summed E-state index contributed by atoms with van der Waals surface area (Å²) < 4.78 is 9.28. The molecule has 55 heavy (non-hydrogen) atoms. The maximum Gasteiger partial charge on any atom is 0.196 e. The molecule has 0 spiro atoms. The van der Waals surface area contributed by atoms with Crippen molar-refractivity contribution in [1.29, 1.82) is 0 Å². The Morgan fingerprint density at radius 3 is 2.00 bits per heavy atom. The van der Waals surface area contributed by atoms with E-state index < -0.39 is 0 Å². The molecule has 1 unspecified atom stereocenters. The Hall–Kier alpha value is -6.88. The van der Waals surface area contributed by atoms with Crippen LogP contribution in [0.2, 0.25) is 0 Å². The van der Waals surface area contributed by atoms with Crippen LogP contribution >= 0.6 is 11.3 Å². The highest BCUT2D eigenvalue weighted by molar-refractivity contribution is 7.25. The Morgan fingerprint density at radius 2 is 1.13 bits per heavy atom. The lowest BCUT2D eigenvalue weighted by molar-refractivity contribution is 0.263. The molecule has 10 aromatic rings. The minimum atomic E-state index is -0.226. The van der Waals surface area contributed by atoms with Crippen LogP contribution in [-0.4, -0.2) is 0 Å². The Kier molecular flexibility index (Phi) is 7.42. The van der Waals surface area contributed by atoms with Crippen molar-refractivity contribution in [2.24, 2.45) is 0 Å². The van der Waals surface area contributed by atoms with Gasteiger partial charge in [-0.1, -0.05) is 140 Å². The highest BCUT2D eigenvalue weighted by atomic mass is 32.1. The van der Waals surface area contributed by atoms with Crippen LogP contribution in [0.5, 0.6) is 5.75 Å². The number of rotatable bonds is 6. The molecule has 260 valence electrons. The fraction of sp³-hybridized carbons (Fsp3) is 0.0196. The van der Waals surface area contributed by atoms with Gasteiger partial charge in [-0.25, -0.2) is 0 Å². The molecule has 1 N–H and O–H groups in total. The number of ether oxygens (including phenoxy) is 1. The zero-order valence-corrected chi connectivity index (χ0v) is 30.6. The molecular weight excluding hydrogens is 689 g/mol. The maximum absolute atomic E-state index is 6.66. The molecule has 0 radical (unpaired) electrons. The third-order valence-corrected chi connectivity index (χ3v) is 12.0. The number of hydrogen-bond acceptors (Lipinski definition) is 4. The van der Waals surface area contributed by atoms with Gasteiger partial charge in [0, 0.05) is 48.2 Å². The predicted molar refractivity (Wildman–Crippen MR) is 233 cm³/mol. The van der Waals surface area contributed by atoms with Crippen LogP contribution in [0.4, 0.5) is 22.7 Å². The summed E-state index contributed by atoms with van der Waals surface area (Å²) in [5, 5.41) is 10.8. The van der Waals surface area contributed by atoms with Crippen molar-refractivity contribution in [1.82, 2.24) is 0 Å². The molecule has 2 heterocycles. The van der Waals surface area contributed by atoms with Crippen molar-refractivity contribution < 1.29 is 4.74 Å². The molecule has 1 aliphatic heterocycles. The predicted octanol–water partition coefficient (Wildman–Crippen LogP) is 14.7. The zero-order chi connectivity index (χ0) is 36.3. The minimum Gasteiger partial charge on any atom is -0.464 e. The molecule has 0 bridgehead atoms. The molecule has 1 aromatic heterocycles. The number of thiophene rings is 1. The van der Waals surface area contributed by atoms with Crippen LogP contribution in [0.1, 0.15) is 11.8 Å². The summed E-state index contributed by atoms with van der Waals surface area (Å²) in [4.78, 5) is 2.38. The normalized spacial score (nSPS) is 13.6. The topological polar surface area (TPSA) is 24.5 Å². The Bertz CT molecular complexity index is 3040. The summed E-state index contributed by atoms with van der Waals surface area (Å²) in [5.74, 6) is 0.904. The van der Waals surface area contributed by atoms with E-state index in [0.717, 1.165) is 55.6 Å². The SMILES string of the molecule is c1ccc(-c2ccc(N(c3cccc(-c4cccc5sc6ccccc6c45)c3)c3ccc4c(ccc5ccc6c(c54)OC(c4ccccc4)N6)c3)cc2)cc1. The van der Waals surface area contributed by atoms with E-state index in [1.54, 1.807) is 0 Å². The van der Waals surface area contributed by atoms with E-state index in [4.69, 9.17) is 4.74 Å². The largest absolute Gasteiger partial charge is 0.464 e. The standard InChI is InChI=1S/C51H34N2OS/c1-3-11-33(12-4-1)34-23-26-39(27-24-34)53(40-16-9-15-37(31-40)42-18-10-20-47-49(42)44-17-7-8-19-46(44)55-47)41-28-29-43-38(32-41)22-21-35-25-30-45-50(48(35)43)54-51(52-45)36-13-5-2-6-14-36/h1-32,51-52H. The second-order valence-electron chi connectivity index (χ2n) is 14.1. The van der Waals surface area contributed by atoms with E-state index in [1.807, 2.05) is 17.4 Å². The van der Waals surface area contributed by atoms with Crippen molar-refractivity contribution in [2.75, 3.05) is 10.2 Å². The van der Waals surface area contributed by atoms with Crippen molar-refractivity contribution in [3.05, 3.63) is 200 Å². The highest BCUT2D eigenvalue weighted by Crippen LogP contribution is 2.47. The van der Waals surface area contributed by atoms with Crippen LogP contribution in [-0.2, 0) is 0 Å². The molecule has 0 amide bonds. The van der Waals surface area contributed by atoms with Gasteiger partial charge in [0.05, 0.1) is 5.69 Å². The van der Waals surface area contributed by atoms with E-state index in [9.17, 15) is 0 Å². The Balaban J connectivity index is 1.06. The van der Waals surface area contributed by atoms with Gasteiger partial charge in [-0.2, -0.15) is 0 Å². The second-order valence-corrected chi connectivity index (χ2v) is 15.2. The highest BCUT2D eigenvalue weighted by Gasteiger charge is 2.26. The van der Waals surface area contributed by atoms with Crippen LogP contribution in [0.15, 0.2) is 194 Å². The van der Waals surface area contributed by atoms with Gasteiger partial charge in [0.2, 0.25) is 0 Å². The zero-order valence-electron chi connectivity index (χ0n) is 29.8. The minimum absolute atomic E-state index is 0.226. The van der Waals surface area contributed by atoms with Crippen molar-refractivity contribution in [2.45, 2.75) is 6.23 Å². The number of nitrogens with one attached hydrogen (secondary N) is 1. The van der Waals surface area contributed by atoms with Gasteiger partial charge >= 0.3 is 0 Å². The molecule has 3 nitrogen and oxygen atoms in total. The number of nitrogens with zero attached hydrogens (tertiary/aromatic N) is 1. The second kappa shape index (κ2) is 12.9. The van der Waals surface area contributed by atoms with Crippen LogP contribution in [0.3, 0.4) is 0 Å². The summed E-state index contributed by atoms with van der Waals surface area (Å²) in [6.07, 6.45) is -0.226. The lowest BCUT2D eigenvalue weighted by atomic mass is 9.98. The van der Waals surface area contributed by atoms with Crippen molar-refractivity contribution in [3.8, 4) is 28.0 Å². The van der Waals surface area contributed by atoms with Gasteiger partial charge in [0.15, 0.2) is 12.0 Å². The fourth-order valence-corrected chi connectivity index (χ4v) is 9.39. The van der Waals surface area contributed by atoms with E-state index >= 15 is 0 Å². The molecule has 1 aliphatic rings. The van der Waals surface area contributed by atoms with Crippen LogP contribution in [0, 0.1) is 0 Å². The number of anilines is 4. The smallest absolute Gasteiger partial charge is 0.196 e. The van der Waals surface area contributed by atoms with E-state index in [0.29, 0.717) is 0 Å². The first-order valence-electron chi connectivity index (χ1n) is 18.7. The third kappa shape index (κ3) is 5.41. The lowest BCUT2D eigenvalue weighted by Gasteiger charge is -2.27. The van der Waals surface area contributed by atoms with Crippen molar-refractivity contribution >= 4 is 75.8 Å². The molecule has 0 aliphatic carbocycles. The molecule has 9 aromatic carbocycles. The first-order valence-corrected chi connectivity index (χ1v) is 19.5. The van der Waals surface area contributed by atoms with E-state index in [2.05, 4.69) is 198 Å². The Labute approximate surface area is 323 Å². The van der Waals surface area contributed by atoms with Crippen LogP contribution in [0.25, 0.3) is 64.0 Å². The first kappa shape index (κ1) is 31.6.